The molecule has 5 rings (SSSR count). The van der Waals surface area contributed by atoms with Crippen molar-refractivity contribution in [3.8, 4) is 22.6 Å². The maximum absolute atomic E-state index is 15.2. The molecule has 0 aliphatic heterocycles. The Morgan fingerprint density at radius 1 is 0.696 bits per heavy atom. The average molecular weight is 657 g/mol. The van der Waals surface area contributed by atoms with Crippen molar-refractivity contribution < 1.29 is 40.2 Å². The number of rotatable bonds is 12. The van der Waals surface area contributed by atoms with E-state index in [1.54, 1.807) is 0 Å². The number of benzene rings is 2. The van der Waals surface area contributed by atoms with Gasteiger partial charge in [-0.05, 0) is 124 Å². The van der Waals surface area contributed by atoms with E-state index in [-0.39, 0.29) is 11.1 Å². The van der Waals surface area contributed by atoms with E-state index in [4.69, 9.17) is 4.74 Å². The molecule has 0 spiro atoms. The van der Waals surface area contributed by atoms with Crippen LogP contribution in [-0.4, -0.2) is 12.7 Å². The number of halogens is 7. The van der Waals surface area contributed by atoms with E-state index < -0.39 is 47.6 Å². The van der Waals surface area contributed by atoms with Crippen LogP contribution in [0, 0.1) is 53.0 Å². The van der Waals surface area contributed by atoms with Crippen molar-refractivity contribution in [3.63, 3.8) is 0 Å². The van der Waals surface area contributed by atoms with E-state index in [9.17, 15) is 22.0 Å². The van der Waals surface area contributed by atoms with Gasteiger partial charge in [-0.25, -0.2) is 13.2 Å². The Bertz CT molecular complexity index is 1240. The van der Waals surface area contributed by atoms with Crippen LogP contribution in [0.3, 0.4) is 0 Å². The van der Waals surface area contributed by atoms with Gasteiger partial charge in [-0.2, -0.15) is 17.6 Å². The largest absolute Gasteiger partial charge is 0.432 e. The smallest absolute Gasteiger partial charge is 0.400 e. The van der Waals surface area contributed by atoms with Crippen LogP contribution in [-0.2, 0) is 0 Å². The molecule has 0 radical (unpaired) electrons. The highest BCUT2D eigenvalue weighted by molar-refractivity contribution is 5.66. The van der Waals surface area contributed by atoms with Crippen molar-refractivity contribution in [3.05, 3.63) is 47.8 Å². The molecule has 3 aliphatic carbocycles. The molecule has 0 unspecified atom stereocenters. The molecule has 3 fully saturated rings. The van der Waals surface area contributed by atoms with Crippen molar-refractivity contribution in [2.75, 3.05) is 0 Å². The molecular weight excluding hydrogens is 609 g/mol. The second-order valence-electron chi connectivity index (χ2n) is 14.0. The second kappa shape index (κ2) is 15.6. The summed E-state index contributed by atoms with van der Waals surface area (Å²) in [5.74, 6) is -2.94. The lowest BCUT2D eigenvalue weighted by molar-refractivity contribution is -0.224. The summed E-state index contributed by atoms with van der Waals surface area (Å²) in [6.07, 6.45) is 14.5. The highest BCUT2D eigenvalue weighted by Gasteiger charge is 2.45. The molecule has 0 bridgehead atoms. The maximum atomic E-state index is 15.2. The van der Waals surface area contributed by atoms with Crippen LogP contribution >= 0.6 is 0 Å². The van der Waals surface area contributed by atoms with E-state index in [2.05, 4.69) is 11.7 Å². The first kappa shape index (κ1) is 34.9. The predicted molar refractivity (Wildman–Crippen MR) is 164 cm³/mol. The highest BCUT2D eigenvalue weighted by Crippen LogP contribution is 2.48. The lowest BCUT2D eigenvalue weighted by Crippen LogP contribution is -2.38. The highest BCUT2D eigenvalue weighted by atomic mass is 19.3. The summed E-state index contributed by atoms with van der Waals surface area (Å²) in [7, 11) is 0. The van der Waals surface area contributed by atoms with Crippen molar-refractivity contribution in [1.29, 1.82) is 0 Å². The number of unbranched alkanes of at least 4 members (excludes halogenated alkanes) is 2. The standard InChI is InChI=1S/C37H47F7O2/c1-2-3-4-5-23-6-8-24(9-7-23)25-10-12-26(13-11-25)27-14-16-29(17-15-27)37(43,44)46-30-18-19-31(32(38)22-30)28-20-33(39)35(34(40)21-28)45-36(41)42/h18-27,29,36H,2-17H2,1H3. The van der Waals surface area contributed by atoms with Gasteiger partial charge in [0.2, 0.25) is 0 Å². The van der Waals surface area contributed by atoms with Crippen LogP contribution in [0.25, 0.3) is 11.1 Å². The molecule has 256 valence electrons. The van der Waals surface area contributed by atoms with E-state index in [1.165, 1.54) is 77.0 Å². The van der Waals surface area contributed by atoms with Gasteiger partial charge in [0.15, 0.2) is 17.4 Å². The first-order valence-corrected chi connectivity index (χ1v) is 17.3. The third kappa shape index (κ3) is 8.71. The molecule has 2 nitrogen and oxygen atoms in total. The van der Waals surface area contributed by atoms with Crippen LogP contribution in [0.2, 0.25) is 0 Å². The van der Waals surface area contributed by atoms with Gasteiger partial charge in [0, 0.05) is 11.6 Å². The van der Waals surface area contributed by atoms with E-state index in [0.29, 0.717) is 36.8 Å². The average Bonchev–Trinajstić information content (AvgIpc) is 3.03. The van der Waals surface area contributed by atoms with Gasteiger partial charge in [-0.1, -0.05) is 45.4 Å². The Morgan fingerprint density at radius 2 is 1.22 bits per heavy atom. The fourth-order valence-electron chi connectivity index (χ4n) is 8.60. The van der Waals surface area contributed by atoms with Gasteiger partial charge in [-0.3, -0.25) is 0 Å². The molecule has 0 heterocycles. The first-order valence-electron chi connectivity index (χ1n) is 17.3. The summed E-state index contributed by atoms with van der Waals surface area (Å²) >= 11 is 0. The summed E-state index contributed by atoms with van der Waals surface area (Å²) in [5, 5.41) is 0. The maximum Gasteiger partial charge on any atom is 0.400 e. The molecule has 3 saturated carbocycles. The summed E-state index contributed by atoms with van der Waals surface area (Å²) < 4.78 is 107. The molecule has 3 aliphatic rings. The minimum Gasteiger partial charge on any atom is -0.432 e. The number of ether oxygens (including phenoxy) is 2. The van der Waals surface area contributed by atoms with Crippen LogP contribution in [0.15, 0.2) is 30.3 Å². The Labute approximate surface area is 268 Å². The molecule has 0 saturated heterocycles. The normalized spacial score (nSPS) is 27.5. The van der Waals surface area contributed by atoms with Gasteiger partial charge >= 0.3 is 12.7 Å². The minimum atomic E-state index is -3.50. The van der Waals surface area contributed by atoms with Gasteiger partial charge < -0.3 is 9.47 Å². The molecule has 0 atom stereocenters. The SMILES string of the molecule is CCCCCC1CCC(C2CCC(C3CCC(C(F)(F)Oc4ccc(-c5cc(F)c(OC(F)F)c(F)c5)c(F)c4)CC3)CC2)CC1. The molecule has 0 N–H and O–H groups in total. The van der Waals surface area contributed by atoms with Crippen LogP contribution in [0.5, 0.6) is 11.5 Å². The monoisotopic (exact) mass is 656 g/mol. The molecule has 46 heavy (non-hydrogen) atoms. The summed E-state index contributed by atoms with van der Waals surface area (Å²) in [5.41, 5.74) is -0.604. The minimum absolute atomic E-state index is 0.301. The van der Waals surface area contributed by atoms with Gasteiger partial charge in [0.05, 0.1) is 5.92 Å². The number of hydrogen-bond donors (Lipinski definition) is 0. The topological polar surface area (TPSA) is 18.5 Å². The number of hydrogen-bond acceptors (Lipinski definition) is 2. The summed E-state index contributed by atoms with van der Waals surface area (Å²) in [6, 6.07) is 4.19. The van der Waals surface area contributed by atoms with E-state index >= 15 is 8.78 Å². The fourth-order valence-corrected chi connectivity index (χ4v) is 8.60. The second-order valence-corrected chi connectivity index (χ2v) is 14.0. The third-order valence-corrected chi connectivity index (χ3v) is 11.2. The third-order valence-electron chi connectivity index (χ3n) is 11.2. The first-order chi connectivity index (χ1) is 22.0. The molecule has 0 aromatic heterocycles. The van der Waals surface area contributed by atoms with E-state index in [0.717, 1.165) is 48.8 Å². The molecule has 2 aromatic carbocycles. The Kier molecular flexibility index (Phi) is 11.9. The molecule has 2 aromatic rings. The fraction of sp³-hybridized carbons (Fsp3) is 0.676. The summed E-state index contributed by atoms with van der Waals surface area (Å²) in [6.45, 7) is -1.18. The molecule has 0 amide bonds. The zero-order chi connectivity index (χ0) is 32.8. The zero-order valence-electron chi connectivity index (χ0n) is 26.7. The Morgan fingerprint density at radius 3 is 1.72 bits per heavy atom. The van der Waals surface area contributed by atoms with Crippen LogP contribution < -0.4 is 9.47 Å². The van der Waals surface area contributed by atoms with Crippen molar-refractivity contribution >= 4 is 0 Å². The van der Waals surface area contributed by atoms with Crippen molar-refractivity contribution in [2.45, 2.75) is 122 Å². The number of alkyl halides is 4. The predicted octanol–water partition coefficient (Wildman–Crippen LogP) is 12.3. The summed E-state index contributed by atoms with van der Waals surface area (Å²) in [4.78, 5) is 0. The molecule has 9 heteroatoms. The Hall–Kier alpha value is -2.45. The van der Waals surface area contributed by atoms with E-state index in [1.807, 2.05) is 0 Å². The van der Waals surface area contributed by atoms with Crippen molar-refractivity contribution in [2.24, 2.45) is 35.5 Å². The van der Waals surface area contributed by atoms with Crippen LogP contribution in [0.4, 0.5) is 30.7 Å². The van der Waals surface area contributed by atoms with Gasteiger partial charge in [0.25, 0.3) is 0 Å². The lowest BCUT2D eigenvalue weighted by atomic mass is 9.65. The molecular formula is C37H47F7O2. The van der Waals surface area contributed by atoms with Crippen molar-refractivity contribution in [1.82, 2.24) is 0 Å². The van der Waals surface area contributed by atoms with Gasteiger partial charge in [0.1, 0.15) is 11.6 Å². The van der Waals surface area contributed by atoms with Gasteiger partial charge in [-0.15, -0.1) is 0 Å². The Balaban J connectivity index is 1.08. The van der Waals surface area contributed by atoms with Crippen LogP contribution in [0.1, 0.15) is 110 Å². The lowest BCUT2D eigenvalue weighted by Gasteiger charge is -2.42. The quantitative estimate of drug-likeness (QED) is 0.167. The zero-order valence-corrected chi connectivity index (χ0v) is 26.7.